The number of benzene rings is 2. The van der Waals surface area contributed by atoms with E-state index in [-0.39, 0.29) is 41.3 Å². The molecule has 1 aliphatic rings. The Morgan fingerprint density at radius 3 is 2.06 bits per heavy atom. The molecule has 0 spiro atoms. The molecule has 2 aromatic rings. The number of phenols is 1. The van der Waals surface area contributed by atoms with E-state index in [2.05, 4.69) is 0 Å². The van der Waals surface area contributed by atoms with Crippen LogP contribution in [0.5, 0.6) is 23.0 Å². The summed E-state index contributed by atoms with van der Waals surface area (Å²) in [7, 11) is 2.89. The number of hydrogen-bond acceptors (Lipinski definition) is 8. The molecule has 1 fully saturated rings. The van der Waals surface area contributed by atoms with Gasteiger partial charge in [-0.2, -0.15) is 0 Å². The van der Waals surface area contributed by atoms with Crippen LogP contribution in [0, 0.1) is 0 Å². The van der Waals surface area contributed by atoms with Crippen LogP contribution in [0.3, 0.4) is 0 Å². The zero-order valence-electron chi connectivity index (χ0n) is 20.3. The fourth-order valence-corrected chi connectivity index (χ4v) is 3.58. The maximum atomic E-state index is 12.4. The van der Waals surface area contributed by atoms with Crippen LogP contribution in [0.15, 0.2) is 48.6 Å². The topological polar surface area (TPSA) is 128 Å². The second-order valence-electron chi connectivity index (χ2n) is 8.31. The molecule has 1 amide bonds. The molecule has 0 unspecified atom stereocenters. The summed E-state index contributed by atoms with van der Waals surface area (Å²) in [6, 6.07) is 9.68. The summed E-state index contributed by atoms with van der Waals surface area (Å²) in [4.78, 5) is 38.4. The molecule has 0 radical (unpaired) electrons. The van der Waals surface area contributed by atoms with Crippen molar-refractivity contribution in [3.8, 4) is 23.0 Å². The summed E-state index contributed by atoms with van der Waals surface area (Å²) in [6.45, 7) is 1.09. The van der Waals surface area contributed by atoms with Crippen molar-refractivity contribution in [1.29, 1.82) is 0 Å². The standard InChI is InChI=1S/C27H30N2O7/c1-34-25-15-18(5-9-23(25)32)3-7-21(30)17-22(31)8-4-19-6-10-24(26(16-19)35-2)36-27(33)29-13-11-20(28)12-14-29/h3-10,15-16,20,32H,11-14,17,28H2,1-2H3/b7-3+,8-4+. The van der Waals surface area contributed by atoms with E-state index in [0.29, 0.717) is 30.0 Å². The first kappa shape index (κ1) is 26.5. The monoisotopic (exact) mass is 494 g/mol. The Morgan fingerprint density at radius 1 is 0.917 bits per heavy atom. The third-order valence-electron chi connectivity index (χ3n) is 5.66. The smallest absolute Gasteiger partial charge is 0.415 e. The van der Waals surface area contributed by atoms with Crippen LogP contribution < -0.4 is 19.9 Å². The predicted octanol–water partition coefficient (Wildman–Crippen LogP) is 3.59. The number of aromatic hydroxyl groups is 1. The van der Waals surface area contributed by atoms with E-state index in [9.17, 15) is 19.5 Å². The summed E-state index contributed by atoms with van der Waals surface area (Å²) in [5.74, 6) is 0.162. The average molecular weight is 495 g/mol. The van der Waals surface area contributed by atoms with Gasteiger partial charge in [-0.15, -0.1) is 0 Å². The van der Waals surface area contributed by atoms with Crippen molar-refractivity contribution in [1.82, 2.24) is 4.90 Å². The summed E-state index contributed by atoms with van der Waals surface area (Å²) in [5, 5.41) is 9.63. The van der Waals surface area contributed by atoms with E-state index in [1.54, 1.807) is 47.4 Å². The molecular formula is C27H30N2O7. The zero-order valence-corrected chi connectivity index (χ0v) is 20.3. The van der Waals surface area contributed by atoms with Crippen molar-refractivity contribution in [2.45, 2.75) is 25.3 Å². The van der Waals surface area contributed by atoms with Crippen LogP contribution in [0.2, 0.25) is 0 Å². The zero-order chi connectivity index (χ0) is 26.1. The fraction of sp³-hybridized carbons (Fsp3) is 0.296. The van der Waals surface area contributed by atoms with Crippen molar-refractivity contribution in [2.75, 3.05) is 27.3 Å². The lowest BCUT2D eigenvalue weighted by Crippen LogP contribution is -2.44. The highest BCUT2D eigenvalue weighted by Crippen LogP contribution is 2.30. The molecule has 9 heteroatoms. The van der Waals surface area contributed by atoms with E-state index in [4.69, 9.17) is 19.9 Å². The van der Waals surface area contributed by atoms with Crippen molar-refractivity contribution in [3.05, 3.63) is 59.7 Å². The van der Waals surface area contributed by atoms with Crippen molar-refractivity contribution in [2.24, 2.45) is 5.73 Å². The van der Waals surface area contributed by atoms with Crippen LogP contribution in [0.1, 0.15) is 30.4 Å². The lowest BCUT2D eigenvalue weighted by atomic mass is 10.1. The van der Waals surface area contributed by atoms with E-state index in [1.165, 1.54) is 32.4 Å². The van der Waals surface area contributed by atoms with Gasteiger partial charge in [-0.25, -0.2) is 4.79 Å². The number of phenolic OH excluding ortho intramolecular Hbond substituents is 1. The molecule has 36 heavy (non-hydrogen) atoms. The highest BCUT2D eigenvalue weighted by molar-refractivity contribution is 6.10. The number of nitrogens with zero attached hydrogens (tertiary/aromatic N) is 1. The van der Waals surface area contributed by atoms with Gasteiger partial charge in [-0.3, -0.25) is 9.59 Å². The Hall–Kier alpha value is -4.11. The number of carbonyl (C=O) groups excluding carboxylic acids is 3. The van der Waals surface area contributed by atoms with Gasteiger partial charge in [0, 0.05) is 19.1 Å². The van der Waals surface area contributed by atoms with Gasteiger partial charge < -0.3 is 30.0 Å². The number of ketones is 2. The van der Waals surface area contributed by atoms with Crippen LogP contribution in [0.25, 0.3) is 12.2 Å². The Kier molecular flexibility index (Phi) is 9.24. The van der Waals surface area contributed by atoms with Gasteiger partial charge in [0.2, 0.25) is 0 Å². The fourth-order valence-electron chi connectivity index (χ4n) is 3.58. The quantitative estimate of drug-likeness (QED) is 0.400. The van der Waals surface area contributed by atoms with E-state index >= 15 is 0 Å². The van der Waals surface area contributed by atoms with Crippen LogP contribution in [0.4, 0.5) is 4.79 Å². The van der Waals surface area contributed by atoms with Crippen LogP contribution in [-0.4, -0.2) is 61.0 Å². The molecule has 3 N–H and O–H groups in total. The molecule has 0 aliphatic carbocycles. The number of methoxy groups -OCH3 is 2. The Bertz CT molecular complexity index is 1160. The molecule has 1 saturated heterocycles. The van der Waals surface area contributed by atoms with Gasteiger partial charge in [0.1, 0.15) is 0 Å². The molecule has 2 aromatic carbocycles. The number of ether oxygens (including phenoxy) is 3. The normalized spacial score (nSPS) is 14.2. The van der Waals surface area contributed by atoms with Gasteiger partial charge in [0.25, 0.3) is 0 Å². The summed E-state index contributed by atoms with van der Waals surface area (Å²) in [6.07, 6.45) is 6.42. The first-order valence-corrected chi connectivity index (χ1v) is 11.5. The highest BCUT2D eigenvalue weighted by Gasteiger charge is 2.23. The Balaban J connectivity index is 1.56. The number of hydrogen-bond donors (Lipinski definition) is 2. The lowest BCUT2D eigenvalue weighted by molar-refractivity contribution is -0.121. The summed E-state index contributed by atoms with van der Waals surface area (Å²) in [5.41, 5.74) is 7.17. The molecule has 0 saturated carbocycles. The number of likely N-dealkylation sites (tertiary alicyclic amines) is 1. The molecule has 0 atom stereocenters. The minimum atomic E-state index is -0.462. The molecule has 0 aromatic heterocycles. The highest BCUT2D eigenvalue weighted by atomic mass is 16.6. The average Bonchev–Trinajstić information content (AvgIpc) is 2.87. The predicted molar refractivity (Wildman–Crippen MR) is 135 cm³/mol. The number of nitrogens with two attached hydrogens (primary N) is 1. The molecule has 9 nitrogen and oxygen atoms in total. The van der Waals surface area contributed by atoms with E-state index < -0.39 is 6.09 Å². The number of amides is 1. The van der Waals surface area contributed by atoms with E-state index in [0.717, 1.165) is 12.8 Å². The second-order valence-corrected chi connectivity index (χ2v) is 8.31. The van der Waals surface area contributed by atoms with Gasteiger partial charge >= 0.3 is 6.09 Å². The molecule has 3 rings (SSSR count). The lowest BCUT2D eigenvalue weighted by Gasteiger charge is -2.29. The third kappa shape index (κ3) is 7.44. The molecule has 0 bridgehead atoms. The van der Waals surface area contributed by atoms with Crippen molar-refractivity contribution in [3.63, 3.8) is 0 Å². The molecular weight excluding hydrogens is 464 g/mol. The Labute approximate surface area is 209 Å². The molecule has 1 aliphatic heterocycles. The maximum Gasteiger partial charge on any atom is 0.415 e. The first-order chi connectivity index (χ1) is 17.3. The van der Waals surface area contributed by atoms with Gasteiger partial charge in [0.15, 0.2) is 34.6 Å². The van der Waals surface area contributed by atoms with Crippen LogP contribution >= 0.6 is 0 Å². The summed E-state index contributed by atoms with van der Waals surface area (Å²) >= 11 is 0. The molecule has 1 heterocycles. The first-order valence-electron chi connectivity index (χ1n) is 11.5. The number of allylic oxidation sites excluding steroid dienone is 2. The summed E-state index contributed by atoms with van der Waals surface area (Å²) < 4.78 is 15.9. The molecule has 190 valence electrons. The van der Waals surface area contributed by atoms with Crippen molar-refractivity contribution >= 4 is 29.8 Å². The maximum absolute atomic E-state index is 12.4. The van der Waals surface area contributed by atoms with Crippen LogP contribution in [-0.2, 0) is 9.59 Å². The second kappa shape index (κ2) is 12.6. The number of rotatable bonds is 9. The van der Waals surface area contributed by atoms with Crippen molar-refractivity contribution < 1.29 is 33.7 Å². The van der Waals surface area contributed by atoms with E-state index in [1.807, 2.05) is 0 Å². The minimum Gasteiger partial charge on any atom is -0.504 e. The van der Waals surface area contributed by atoms with Gasteiger partial charge in [-0.1, -0.05) is 24.3 Å². The van der Waals surface area contributed by atoms with Gasteiger partial charge in [0.05, 0.1) is 20.6 Å². The minimum absolute atomic E-state index is 0.00341. The number of piperidine rings is 1. The SMILES string of the molecule is COc1cc(/C=C/C(=O)CC(=O)/C=C/c2ccc(OC(=O)N3CCC(N)CC3)c(OC)c2)ccc1O. The largest absolute Gasteiger partial charge is 0.504 e. The number of carbonyl (C=O) groups is 3. The Morgan fingerprint density at radius 2 is 1.47 bits per heavy atom. The van der Waals surface area contributed by atoms with Gasteiger partial charge in [-0.05, 0) is 60.4 Å². The third-order valence-corrected chi connectivity index (χ3v) is 5.66.